The molecule has 2 amide bonds. The van der Waals surface area contributed by atoms with Gasteiger partial charge in [-0.3, -0.25) is 9.59 Å². The fraction of sp³-hybridized carbons (Fsp3) is 0.267. The molecule has 0 atom stereocenters. The summed E-state index contributed by atoms with van der Waals surface area (Å²) in [5.41, 5.74) is -3.23. The van der Waals surface area contributed by atoms with Crippen LogP contribution in [-0.4, -0.2) is 22.9 Å². The molecule has 0 saturated carbocycles. The number of carboxylic acids is 1. The quantitative estimate of drug-likeness (QED) is 0.509. The minimum atomic E-state index is -2.22. The van der Waals surface area contributed by atoms with Crippen LogP contribution in [0.25, 0.3) is 0 Å². The minimum absolute atomic E-state index is 0.0401. The Hall–Kier alpha value is -2.71. The molecule has 126 valence electrons. The molecule has 1 N–H and O–H groups in total. The van der Waals surface area contributed by atoms with Gasteiger partial charge in [0.2, 0.25) is 0 Å². The van der Waals surface area contributed by atoms with Gasteiger partial charge in [-0.05, 0) is 25.7 Å². The van der Waals surface area contributed by atoms with Crippen LogP contribution in [-0.2, 0) is 9.59 Å². The van der Waals surface area contributed by atoms with Crippen molar-refractivity contribution < 1.29 is 37.1 Å². The number of anilines is 1. The molecule has 0 unspecified atom stereocenters. The van der Waals surface area contributed by atoms with Gasteiger partial charge in [0.15, 0.2) is 23.3 Å². The van der Waals surface area contributed by atoms with Crippen LogP contribution < -0.4 is 4.90 Å². The Morgan fingerprint density at radius 3 is 1.62 bits per heavy atom. The topological polar surface area (TPSA) is 74.7 Å². The van der Waals surface area contributed by atoms with Crippen LogP contribution in [0.3, 0.4) is 0 Å². The Kier molecular flexibility index (Phi) is 3.66. The molecule has 9 heteroatoms. The lowest BCUT2D eigenvalue weighted by Crippen LogP contribution is -2.34. The first-order valence-electron chi connectivity index (χ1n) is 6.97. The molecule has 1 heterocycles. The Morgan fingerprint density at radius 2 is 1.25 bits per heavy atom. The van der Waals surface area contributed by atoms with E-state index in [0.29, 0.717) is 12.8 Å². The Bertz CT molecular complexity index is 789. The number of imide groups is 1. The van der Waals surface area contributed by atoms with E-state index in [2.05, 4.69) is 0 Å². The molecule has 0 fully saturated rings. The summed E-state index contributed by atoms with van der Waals surface area (Å²) < 4.78 is 55.9. The number of carbonyl (C=O) groups excluding carboxylic acids is 2. The molecule has 1 aliphatic heterocycles. The number of carboxylic acid groups (broad SMARTS) is 1. The van der Waals surface area contributed by atoms with Gasteiger partial charge in [-0.2, -0.15) is 0 Å². The average molecular weight is 343 g/mol. The van der Waals surface area contributed by atoms with Crippen LogP contribution in [0.4, 0.5) is 23.2 Å². The number of carbonyl (C=O) groups is 3. The van der Waals surface area contributed by atoms with E-state index in [1.54, 1.807) is 0 Å². The minimum Gasteiger partial charge on any atom is -0.477 e. The van der Waals surface area contributed by atoms with Gasteiger partial charge in [-0.15, -0.1) is 0 Å². The smallest absolute Gasteiger partial charge is 0.341 e. The van der Waals surface area contributed by atoms with E-state index in [4.69, 9.17) is 5.11 Å². The lowest BCUT2D eigenvalue weighted by molar-refractivity contribution is -0.120. The van der Waals surface area contributed by atoms with Crippen molar-refractivity contribution in [2.45, 2.75) is 25.7 Å². The van der Waals surface area contributed by atoms with Gasteiger partial charge in [0.25, 0.3) is 11.8 Å². The van der Waals surface area contributed by atoms with Crippen LogP contribution >= 0.6 is 0 Å². The van der Waals surface area contributed by atoms with Crippen molar-refractivity contribution in [3.63, 3.8) is 0 Å². The van der Waals surface area contributed by atoms with Gasteiger partial charge in [0, 0.05) is 11.1 Å². The van der Waals surface area contributed by atoms with Gasteiger partial charge >= 0.3 is 5.97 Å². The predicted molar refractivity (Wildman–Crippen MR) is 71.2 cm³/mol. The third-order valence-corrected chi connectivity index (χ3v) is 4.07. The fourth-order valence-corrected chi connectivity index (χ4v) is 2.95. The number of halogens is 4. The number of nitrogens with zero attached hydrogens (tertiary/aromatic N) is 1. The molecule has 1 aromatic rings. The van der Waals surface area contributed by atoms with Crippen LogP contribution in [0, 0.1) is 23.3 Å². The predicted octanol–water partition coefficient (Wildman–Crippen LogP) is 2.69. The summed E-state index contributed by atoms with van der Waals surface area (Å²) in [7, 11) is 0. The van der Waals surface area contributed by atoms with Crippen molar-refractivity contribution in [1.82, 2.24) is 0 Å². The van der Waals surface area contributed by atoms with E-state index >= 15 is 0 Å². The maximum absolute atomic E-state index is 14.1. The highest BCUT2D eigenvalue weighted by molar-refractivity contribution is 6.33. The SMILES string of the molecule is O=C(O)c1c(F)c(F)c(N2C(=O)C3=C(CCCC3)C2=O)c(F)c1F. The van der Waals surface area contributed by atoms with E-state index in [1.807, 2.05) is 0 Å². The average Bonchev–Trinajstić information content (AvgIpc) is 2.79. The highest BCUT2D eigenvalue weighted by atomic mass is 19.2. The van der Waals surface area contributed by atoms with E-state index in [1.165, 1.54) is 0 Å². The first-order chi connectivity index (χ1) is 11.3. The Labute approximate surface area is 132 Å². The highest BCUT2D eigenvalue weighted by Gasteiger charge is 2.44. The van der Waals surface area contributed by atoms with Crippen molar-refractivity contribution >= 4 is 23.5 Å². The van der Waals surface area contributed by atoms with Crippen LogP contribution in [0.5, 0.6) is 0 Å². The van der Waals surface area contributed by atoms with Crippen LogP contribution in [0.2, 0.25) is 0 Å². The summed E-state index contributed by atoms with van der Waals surface area (Å²) in [4.78, 5) is 35.3. The number of hydrogen-bond acceptors (Lipinski definition) is 3. The third-order valence-electron chi connectivity index (χ3n) is 4.07. The zero-order chi connectivity index (χ0) is 17.8. The number of rotatable bonds is 2. The lowest BCUT2D eigenvalue weighted by atomic mass is 9.93. The maximum Gasteiger partial charge on any atom is 0.341 e. The van der Waals surface area contributed by atoms with Crippen molar-refractivity contribution in [2.75, 3.05) is 4.90 Å². The van der Waals surface area contributed by atoms with E-state index in [0.717, 1.165) is 0 Å². The first-order valence-corrected chi connectivity index (χ1v) is 6.97. The van der Waals surface area contributed by atoms with Gasteiger partial charge in [0.1, 0.15) is 11.3 Å². The zero-order valence-corrected chi connectivity index (χ0v) is 12.0. The molecule has 1 aromatic carbocycles. The molecule has 2 aliphatic rings. The second kappa shape index (κ2) is 5.43. The largest absolute Gasteiger partial charge is 0.477 e. The first kappa shape index (κ1) is 16.2. The number of aromatic carboxylic acids is 1. The molecule has 5 nitrogen and oxygen atoms in total. The Morgan fingerprint density at radius 1 is 0.833 bits per heavy atom. The monoisotopic (exact) mass is 343 g/mol. The van der Waals surface area contributed by atoms with E-state index in [9.17, 15) is 31.9 Å². The Balaban J connectivity index is 2.20. The summed E-state index contributed by atoms with van der Waals surface area (Å²) in [6, 6.07) is 0. The molecule has 0 spiro atoms. The van der Waals surface area contributed by atoms with Crippen molar-refractivity contribution in [1.29, 1.82) is 0 Å². The highest BCUT2D eigenvalue weighted by Crippen LogP contribution is 2.39. The molecule has 0 radical (unpaired) electrons. The van der Waals surface area contributed by atoms with E-state index < -0.39 is 52.3 Å². The summed E-state index contributed by atoms with van der Waals surface area (Å²) in [6.07, 6.45) is 1.63. The summed E-state index contributed by atoms with van der Waals surface area (Å²) in [6.45, 7) is 0. The third kappa shape index (κ3) is 2.04. The van der Waals surface area contributed by atoms with Gasteiger partial charge in [0.05, 0.1) is 0 Å². The van der Waals surface area contributed by atoms with Gasteiger partial charge in [-0.1, -0.05) is 0 Å². The molecule has 24 heavy (non-hydrogen) atoms. The number of amides is 2. The zero-order valence-electron chi connectivity index (χ0n) is 12.0. The summed E-state index contributed by atoms with van der Waals surface area (Å²) >= 11 is 0. The van der Waals surface area contributed by atoms with Gasteiger partial charge < -0.3 is 5.11 Å². The lowest BCUT2D eigenvalue weighted by Gasteiger charge is -2.18. The molecular formula is C15H9F4NO4. The normalized spacial score (nSPS) is 17.6. The summed E-state index contributed by atoms with van der Waals surface area (Å²) in [5.74, 6) is -12.9. The van der Waals surface area contributed by atoms with Crippen molar-refractivity contribution in [3.8, 4) is 0 Å². The van der Waals surface area contributed by atoms with E-state index in [-0.39, 0.29) is 28.9 Å². The van der Waals surface area contributed by atoms with Crippen molar-refractivity contribution in [3.05, 3.63) is 40.0 Å². The van der Waals surface area contributed by atoms with Crippen molar-refractivity contribution in [2.24, 2.45) is 0 Å². The second-order valence-electron chi connectivity index (χ2n) is 5.39. The molecule has 3 rings (SSSR count). The molecule has 0 saturated heterocycles. The maximum atomic E-state index is 14.1. The number of hydrogen-bond donors (Lipinski definition) is 1. The van der Waals surface area contributed by atoms with Crippen LogP contribution in [0.1, 0.15) is 36.0 Å². The van der Waals surface area contributed by atoms with Crippen LogP contribution in [0.15, 0.2) is 11.1 Å². The summed E-state index contributed by atoms with van der Waals surface area (Å²) in [5, 5.41) is 8.66. The molecular weight excluding hydrogens is 334 g/mol. The second-order valence-corrected chi connectivity index (χ2v) is 5.39. The molecule has 0 aromatic heterocycles. The number of benzene rings is 1. The van der Waals surface area contributed by atoms with Gasteiger partial charge in [-0.25, -0.2) is 27.3 Å². The molecule has 1 aliphatic carbocycles. The standard InChI is InChI=1S/C15H9F4NO4/c16-8-7(15(23)24)9(17)11(19)12(10(8)18)20-13(21)5-3-1-2-4-6(5)14(20)22/h1-4H2,(H,23,24). The fourth-order valence-electron chi connectivity index (χ4n) is 2.95. The molecule has 0 bridgehead atoms.